The van der Waals surface area contributed by atoms with Crippen LogP contribution in [0.1, 0.15) is 30.1 Å². The van der Waals surface area contributed by atoms with Crippen molar-refractivity contribution in [3.63, 3.8) is 0 Å². The normalized spacial score (nSPS) is 22.3. The van der Waals surface area contributed by atoms with Crippen molar-refractivity contribution < 1.29 is 24.2 Å². The third-order valence-electron chi connectivity index (χ3n) is 4.92. The molecule has 0 saturated carbocycles. The number of piperazine rings is 1. The lowest BCUT2D eigenvalue weighted by Gasteiger charge is -2.48. The first kappa shape index (κ1) is 21.5. The van der Waals surface area contributed by atoms with Gasteiger partial charge in [0.05, 0.1) is 31.9 Å². The summed E-state index contributed by atoms with van der Waals surface area (Å²) in [6, 6.07) is 5.92. The topological polar surface area (TPSA) is 79.3 Å². The van der Waals surface area contributed by atoms with E-state index in [0.717, 1.165) is 32.5 Å². The van der Waals surface area contributed by atoms with Gasteiger partial charge in [0.25, 0.3) is 12.4 Å². The summed E-state index contributed by atoms with van der Waals surface area (Å²) in [5.41, 5.74) is 0.528. The van der Waals surface area contributed by atoms with Crippen molar-refractivity contribution in [3.05, 3.63) is 28.8 Å². The van der Waals surface area contributed by atoms with E-state index in [9.17, 15) is 4.79 Å². The number of benzene rings is 1. The maximum Gasteiger partial charge on any atom is 0.290 e. The predicted octanol–water partition coefficient (Wildman–Crippen LogP) is 2.37. The van der Waals surface area contributed by atoms with E-state index >= 15 is 0 Å². The Bertz CT molecular complexity index is 641. The molecule has 1 aromatic carbocycles. The van der Waals surface area contributed by atoms with Gasteiger partial charge in [0.2, 0.25) is 0 Å². The highest BCUT2D eigenvalue weighted by Crippen LogP contribution is 2.27. The number of carboxylic acid groups (broad SMARTS) is 1. The second-order valence-electron chi connectivity index (χ2n) is 6.57. The maximum absolute atomic E-state index is 12.9. The van der Waals surface area contributed by atoms with Crippen LogP contribution < -0.4 is 4.74 Å². The van der Waals surface area contributed by atoms with Crippen molar-refractivity contribution in [2.24, 2.45) is 0 Å². The molecule has 7 nitrogen and oxygen atoms in total. The molecule has 2 saturated heterocycles. The SMILES string of the molecule is CCC[C@H]1COC[C@H]2CN(C(=O)c3cc(Cl)ccc3OC)CCN12.O=CO. The van der Waals surface area contributed by atoms with Gasteiger partial charge >= 0.3 is 0 Å². The molecule has 0 aromatic heterocycles. The molecule has 1 amide bonds. The van der Waals surface area contributed by atoms with Crippen LogP contribution in [-0.2, 0) is 9.53 Å². The predicted molar refractivity (Wildman–Crippen MR) is 103 cm³/mol. The first-order valence-electron chi connectivity index (χ1n) is 9.09. The van der Waals surface area contributed by atoms with Gasteiger partial charge in [0.1, 0.15) is 5.75 Å². The molecule has 3 rings (SSSR count). The smallest absolute Gasteiger partial charge is 0.290 e. The molecule has 2 fully saturated rings. The molecule has 1 N–H and O–H groups in total. The van der Waals surface area contributed by atoms with Gasteiger partial charge in [-0.15, -0.1) is 0 Å². The molecule has 0 unspecified atom stereocenters. The molecule has 0 radical (unpaired) electrons. The highest BCUT2D eigenvalue weighted by atomic mass is 35.5. The number of carbonyl (C=O) groups excluding carboxylic acids is 1. The summed E-state index contributed by atoms with van der Waals surface area (Å²) < 4.78 is 11.1. The zero-order valence-corrected chi connectivity index (χ0v) is 16.5. The number of hydrogen-bond acceptors (Lipinski definition) is 5. The second kappa shape index (κ2) is 10.5. The number of halogens is 1. The van der Waals surface area contributed by atoms with Gasteiger partial charge in [-0.25, -0.2) is 0 Å². The molecule has 2 heterocycles. The van der Waals surface area contributed by atoms with Crippen molar-refractivity contribution in [2.75, 3.05) is 40.0 Å². The molecule has 2 aliphatic rings. The number of ether oxygens (including phenoxy) is 2. The van der Waals surface area contributed by atoms with Crippen LogP contribution in [0.2, 0.25) is 5.02 Å². The van der Waals surface area contributed by atoms with Gasteiger partial charge in [-0.05, 0) is 24.6 Å². The fourth-order valence-electron chi connectivity index (χ4n) is 3.72. The molecule has 2 atom stereocenters. The Morgan fingerprint density at radius 2 is 2.15 bits per heavy atom. The molecule has 0 spiro atoms. The van der Waals surface area contributed by atoms with Gasteiger partial charge in [-0.2, -0.15) is 0 Å². The van der Waals surface area contributed by atoms with Crippen LogP contribution in [0.25, 0.3) is 0 Å². The second-order valence-corrected chi connectivity index (χ2v) is 7.01. The molecule has 2 aliphatic heterocycles. The minimum Gasteiger partial charge on any atom is -0.496 e. The minimum absolute atomic E-state index is 0.0217. The van der Waals surface area contributed by atoms with E-state index in [1.54, 1.807) is 25.3 Å². The standard InChI is InChI=1S/C18H25ClN2O3.CH2O2/c1-3-4-14-11-24-12-15-10-20(7-8-21(14)15)18(22)16-9-13(19)5-6-17(16)23-2;2-1-3/h5-6,9,14-15H,3-4,7-8,10-12H2,1-2H3;1H,(H,2,3)/t14-,15+;/m0./s1. The van der Waals surface area contributed by atoms with Gasteiger partial charge in [-0.3, -0.25) is 14.5 Å². The lowest BCUT2D eigenvalue weighted by molar-refractivity contribution is -0.122. The van der Waals surface area contributed by atoms with E-state index in [0.29, 0.717) is 35.5 Å². The number of fused-ring (bicyclic) bond motifs is 1. The fourth-order valence-corrected chi connectivity index (χ4v) is 3.89. The number of carbonyl (C=O) groups is 2. The Morgan fingerprint density at radius 3 is 2.81 bits per heavy atom. The zero-order chi connectivity index (χ0) is 19.8. The van der Waals surface area contributed by atoms with E-state index in [1.807, 2.05) is 4.90 Å². The van der Waals surface area contributed by atoms with Gasteiger partial charge in [0, 0.05) is 30.7 Å². The van der Waals surface area contributed by atoms with Crippen LogP contribution in [0.5, 0.6) is 5.75 Å². The monoisotopic (exact) mass is 398 g/mol. The summed E-state index contributed by atoms with van der Waals surface area (Å²) in [5.74, 6) is 0.544. The Kier molecular flexibility index (Phi) is 8.34. The summed E-state index contributed by atoms with van der Waals surface area (Å²) >= 11 is 6.07. The summed E-state index contributed by atoms with van der Waals surface area (Å²) in [4.78, 5) is 25.7. The Hall–Kier alpha value is -1.83. The molecule has 0 aliphatic carbocycles. The Balaban J connectivity index is 0.000000817. The van der Waals surface area contributed by atoms with Crippen LogP contribution in [0, 0.1) is 0 Å². The average molecular weight is 399 g/mol. The number of morpholine rings is 1. The first-order chi connectivity index (χ1) is 13.0. The fraction of sp³-hybridized carbons (Fsp3) is 0.579. The first-order valence-corrected chi connectivity index (χ1v) is 9.47. The summed E-state index contributed by atoms with van der Waals surface area (Å²) in [7, 11) is 1.57. The highest BCUT2D eigenvalue weighted by Gasteiger charge is 2.37. The molecule has 27 heavy (non-hydrogen) atoms. The molecular formula is C19H27ClN2O5. The lowest BCUT2D eigenvalue weighted by atomic mass is 10.0. The van der Waals surface area contributed by atoms with Gasteiger partial charge in [0.15, 0.2) is 0 Å². The van der Waals surface area contributed by atoms with Crippen LogP contribution in [0.4, 0.5) is 0 Å². The third kappa shape index (κ3) is 5.34. The lowest BCUT2D eigenvalue weighted by Crippen LogP contribution is -2.62. The molecule has 1 aromatic rings. The van der Waals surface area contributed by atoms with Crippen molar-refractivity contribution >= 4 is 24.0 Å². The van der Waals surface area contributed by atoms with E-state index in [4.69, 9.17) is 31.0 Å². The number of methoxy groups -OCH3 is 1. The average Bonchev–Trinajstić information content (AvgIpc) is 2.68. The molecule has 0 bridgehead atoms. The maximum atomic E-state index is 12.9. The number of nitrogens with zero attached hydrogens (tertiary/aromatic N) is 2. The largest absolute Gasteiger partial charge is 0.496 e. The molecule has 8 heteroatoms. The summed E-state index contributed by atoms with van der Waals surface area (Å²) in [6.45, 7) is 5.76. The van der Waals surface area contributed by atoms with Crippen LogP contribution in [0.3, 0.4) is 0 Å². The van der Waals surface area contributed by atoms with Crippen molar-refractivity contribution in [3.8, 4) is 5.75 Å². The highest BCUT2D eigenvalue weighted by molar-refractivity contribution is 6.31. The number of hydrogen-bond donors (Lipinski definition) is 1. The van der Waals surface area contributed by atoms with Crippen molar-refractivity contribution in [2.45, 2.75) is 31.8 Å². The van der Waals surface area contributed by atoms with Gasteiger partial charge in [-0.1, -0.05) is 24.9 Å². The van der Waals surface area contributed by atoms with E-state index in [-0.39, 0.29) is 18.4 Å². The number of rotatable bonds is 4. The quantitative estimate of drug-likeness (QED) is 0.784. The van der Waals surface area contributed by atoms with Crippen LogP contribution >= 0.6 is 11.6 Å². The summed E-state index contributed by atoms with van der Waals surface area (Å²) in [5, 5.41) is 7.43. The van der Waals surface area contributed by atoms with E-state index < -0.39 is 0 Å². The third-order valence-corrected chi connectivity index (χ3v) is 5.15. The van der Waals surface area contributed by atoms with E-state index in [1.165, 1.54) is 0 Å². The van der Waals surface area contributed by atoms with Crippen molar-refractivity contribution in [1.29, 1.82) is 0 Å². The van der Waals surface area contributed by atoms with E-state index in [2.05, 4.69) is 11.8 Å². The Morgan fingerprint density at radius 1 is 1.41 bits per heavy atom. The van der Waals surface area contributed by atoms with Crippen LogP contribution in [0.15, 0.2) is 18.2 Å². The number of amides is 1. The van der Waals surface area contributed by atoms with Gasteiger partial charge < -0.3 is 19.5 Å². The summed E-state index contributed by atoms with van der Waals surface area (Å²) in [6.07, 6.45) is 2.30. The Labute approximate surface area is 164 Å². The molecule has 150 valence electrons. The minimum atomic E-state index is -0.250. The zero-order valence-electron chi connectivity index (χ0n) is 15.8. The molecular weight excluding hydrogens is 372 g/mol. The van der Waals surface area contributed by atoms with Crippen molar-refractivity contribution in [1.82, 2.24) is 9.80 Å². The van der Waals surface area contributed by atoms with Crippen LogP contribution in [-0.4, -0.2) is 79.3 Å².